The van der Waals surface area contributed by atoms with Gasteiger partial charge in [0.05, 0.1) is 30.5 Å². The number of hydrogen-bond acceptors (Lipinski definition) is 4. The molecule has 0 aliphatic carbocycles. The summed E-state index contributed by atoms with van der Waals surface area (Å²) in [4.78, 5) is 16.6. The highest BCUT2D eigenvalue weighted by molar-refractivity contribution is 5.72. The molecule has 1 aromatic carbocycles. The highest BCUT2D eigenvalue weighted by Crippen LogP contribution is 2.25. The van der Waals surface area contributed by atoms with E-state index < -0.39 is 0 Å². The second-order valence-electron chi connectivity index (χ2n) is 7.27. The van der Waals surface area contributed by atoms with Crippen LogP contribution in [0, 0.1) is 17.8 Å². The maximum Gasteiger partial charge on any atom is 0.310 e. The van der Waals surface area contributed by atoms with Crippen molar-refractivity contribution in [2.75, 3.05) is 7.11 Å². The van der Waals surface area contributed by atoms with Crippen molar-refractivity contribution in [1.82, 2.24) is 19.3 Å². The van der Waals surface area contributed by atoms with Gasteiger partial charge in [-0.15, -0.1) is 0 Å². The molecule has 1 unspecified atom stereocenters. The average Bonchev–Trinajstić information content (AvgIpc) is 3.38. The van der Waals surface area contributed by atoms with Crippen LogP contribution in [0.3, 0.4) is 0 Å². The van der Waals surface area contributed by atoms with Gasteiger partial charge in [-0.2, -0.15) is 5.10 Å². The van der Waals surface area contributed by atoms with Gasteiger partial charge in [-0.1, -0.05) is 30.9 Å². The zero-order valence-electron chi connectivity index (χ0n) is 16.8. The summed E-state index contributed by atoms with van der Waals surface area (Å²) >= 11 is 0. The molecule has 4 rings (SSSR count). The molecule has 2 aromatic heterocycles. The molecular weight excluding hydrogens is 364 g/mol. The Balaban J connectivity index is 1.47. The smallest absolute Gasteiger partial charge is 0.310 e. The van der Waals surface area contributed by atoms with Crippen LogP contribution in [0.2, 0.25) is 0 Å². The van der Waals surface area contributed by atoms with Crippen molar-refractivity contribution >= 4 is 5.97 Å². The predicted molar refractivity (Wildman–Crippen MR) is 110 cm³/mol. The monoisotopic (exact) mass is 388 g/mol. The van der Waals surface area contributed by atoms with E-state index in [0.29, 0.717) is 6.54 Å². The minimum absolute atomic E-state index is 0.0890. The van der Waals surface area contributed by atoms with Crippen molar-refractivity contribution in [2.45, 2.75) is 39.3 Å². The van der Waals surface area contributed by atoms with Gasteiger partial charge in [0, 0.05) is 43.0 Å². The van der Waals surface area contributed by atoms with Gasteiger partial charge in [-0.25, -0.2) is 4.98 Å². The van der Waals surface area contributed by atoms with Gasteiger partial charge in [0.2, 0.25) is 0 Å². The van der Waals surface area contributed by atoms with Gasteiger partial charge in [-0.3, -0.25) is 9.48 Å². The lowest BCUT2D eigenvalue weighted by molar-refractivity contribution is -0.146. The zero-order valence-corrected chi connectivity index (χ0v) is 16.8. The second-order valence-corrected chi connectivity index (χ2v) is 7.27. The highest BCUT2D eigenvalue weighted by atomic mass is 16.5. The number of aromatic nitrogens is 4. The van der Waals surface area contributed by atoms with Crippen LogP contribution >= 0.6 is 0 Å². The molecule has 6 nitrogen and oxygen atoms in total. The molecule has 0 radical (unpaired) electrons. The Morgan fingerprint density at radius 3 is 2.76 bits per heavy atom. The van der Waals surface area contributed by atoms with Crippen LogP contribution in [0.25, 0.3) is 11.3 Å². The fourth-order valence-electron chi connectivity index (χ4n) is 3.59. The molecule has 0 saturated carbocycles. The van der Waals surface area contributed by atoms with Crippen LogP contribution < -0.4 is 0 Å². The van der Waals surface area contributed by atoms with Crippen LogP contribution in [0.15, 0.2) is 42.9 Å². The molecule has 1 atom stereocenters. The van der Waals surface area contributed by atoms with Gasteiger partial charge in [0.25, 0.3) is 0 Å². The van der Waals surface area contributed by atoms with Gasteiger partial charge < -0.3 is 9.30 Å². The summed E-state index contributed by atoms with van der Waals surface area (Å²) in [5.74, 6) is 7.14. The topological polar surface area (TPSA) is 61.9 Å². The minimum Gasteiger partial charge on any atom is -0.469 e. The van der Waals surface area contributed by atoms with E-state index in [1.165, 1.54) is 7.11 Å². The van der Waals surface area contributed by atoms with E-state index in [1.807, 2.05) is 41.3 Å². The number of carbonyl (C=O) groups excluding carboxylic acids is 1. The molecule has 0 fully saturated rings. The SMILES string of the molecule is CCCn1cc(C#Cc2ccc(-c3cn4c(n3)CCC(C(=O)OC)C4)cc2)cn1. The minimum atomic E-state index is -0.144. The molecule has 0 bridgehead atoms. The first-order valence-electron chi connectivity index (χ1n) is 9.95. The molecule has 1 aliphatic heterocycles. The number of carbonyl (C=O) groups is 1. The maximum atomic E-state index is 11.8. The summed E-state index contributed by atoms with van der Waals surface area (Å²) < 4.78 is 8.87. The van der Waals surface area contributed by atoms with Crippen molar-refractivity contribution in [3.63, 3.8) is 0 Å². The third kappa shape index (κ3) is 4.24. The van der Waals surface area contributed by atoms with Gasteiger partial charge in [0.1, 0.15) is 5.82 Å². The van der Waals surface area contributed by atoms with Crippen molar-refractivity contribution in [2.24, 2.45) is 5.92 Å². The fraction of sp³-hybridized carbons (Fsp3) is 0.348. The molecule has 0 N–H and O–H groups in total. The number of rotatable bonds is 4. The molecule has 29 heavy (non-hydrogen) atoms. The Morgan fingerprint density at radius 2 is 2.00 bits per heavy atom. The van der Waals surface area contributed by atoms with Crippen molar-refractivity contribution in [3.05, 3.63) is 59.8 Å². The largest absolute Gasteiger partial charge is 0.469 e. The van der Waals surface area contributed by atoms with E-state index in [0.717, 1.165) is 54.0 Å². The molecule has 0 amide bonds. The molecular formula is C23H24N4O2. The zero-order chi connectivity index (χ0) is 20.2. The van der Waals surface area contributed by atoms with Crippen molar-refractivity contribution < 1.29 is 9.53 Å². The lowest BCUT2D eigenvalue weighted by Crippen LogP contribution is -2.27. The number of benzene rings is 1. The van der Waals surface area contributed by atoms with E-state index in [2.05, 4.69) is 28.4 Å². The maximum absolute atomic E-state index is 11.8. The van der Waals surface area contributed by atoms with Gasteiger partial charge in [-0.05, 0) is 25.0 Å². The molecule has 0 saturated heterocycles. The third-order valence-electron chi connectivity index (χ3n) is 5.14. The quantitative estimate of drug-likeness (QED) is 0.508. The van der Waals surface area contributed by atoms with Crippen LogP contribution in [0.4, 0.5) is 0 Å². The van der Waals surface area contributed by atoms with Crippen molar-refractivity contribution in [1.29, 1.82) is 0 Å². The lowest BCUT2D eigenvalue weighted by atomic mass is 10.00. The van der Waals surface area contributed by atoms with E-state index in [-0.39, 0.29) is 11.9 Å². The number of ether oxygens (including phenoxy) is 1. The summed E-state index contributed by atoms with van der Waals surface area (Å²) in [6, 6.07) is 8.09. The molecule has 1 aliphatic rings. The predicted octanol–water partition coefficient (Wildman–Crippen LogP) is 3.29. The first-order chi connectivity index (χ1) is 14.2. The number of methoxy groups -OCH3 is 1. The highest BCUT2D eigenvalue weighted by Gasteiger charge is 2.26. The van der Waals surface area contributed by atoms with Crippen LogP contribution in [0.5, 0.6) is 0 Å². The molecule has 148 valence electrons. The van der Waals surface area contributed by atoms with Crippen LogP contribution in [-0.2, 0) is 29.0 Å². The van der Waals surface area contributed by atoms with Gasteiger partial charge >= 0.3 is 5.97 Å². The first kappa shape index (κ1) is 19.0. The number of imidazole rings is 1. The number of esters is 1. The first-order valence-corrected chi connectivity index (χ1v) is 9.95. The molecule has 3 heterocycles. The fourth-order valence-corrected chi connectivity index (χ4v) is 3.59. The van der Waals surface area contributed by atoms with E-state index >= 15 is 0 Å². The van der Waals surface area contributed by atoms with Crippen molar-refractivity contribution in [3.8, 4) is 23.1 Å². The summed E-state index contributed by atoms with van der Waals surface area (Å²) in [6.45, 7) is 3.66. The van der Waals surface area contributed by atoms with E-state index in [9.17, 15) is 4.79 Å². The summed E-state index contributed by atoms with van der Waals surface area (Å²) in [6.07, 6.45) is 8.42. The Bertz CT molecular complexity index is 1070. The average molecular weight is 388 g/mol. The summed E-state index contributed by atoms with van der Waals surface area (Å²) in [7, 11) is 1.44. The molecule has 6 heteroatoms. The van der Waals surface area contributed by atoms with Crippen LogP contribution in [-0.4, -0.2) is 32.4 Å². The Kier molecular flexibility index (Phi) is 5.48. The molecule has 0 spiro atoms. The molecule has 3 aromatic rings. The number of fused-ring (bicyclic) bond motifs is 1. The van der Waals surface area contributed by atoms with E-state index in [1.54, 1.807) is 6.20 Å². The number of hydrogen-bond donors (Lipinski definition) is 0. The Labute approximate surface area is 170 Å². The third-order valence-corrected chi connectivity index (χ3v) is 5.14. The normalized spacial score (nSPS) is 15.3. The number of aryl methyl sites for hydroxylation is 2. The lowest BCUT2D eigenvalue weighted by Gasteiger charge is -2.21. The Hall–Kier alpha value is -3.33. The summed E-state index contributed by atoms with van der Waals surface area (Å²) in [5.41, 5.74) is 3.84. The standard InChI is InChI=1S/C23H24N4O2/c1-3-12-27-14-18(13-24-27)5-4-17-6-8-19(9-7-17)21-16-26-15-20(23(28)29-2)10-11-22(26)25-21/h6-9,13-14,16,20H,3,10-12,15H2,1-2H3. The second kappa shape index (κ2) is 8.36. The van der Waals surface area contributed by atoms with Crippen LogP contribution in [0.1, 0.15) is 36.7 Å². The number of nitrogens with zero attached hydrogens (tertiary/aromatic N) is 4. The van der Waals surface area contributed by atoms with Gasteiger partial charge in [0.15, 0.2) is 0 Å². The summed E-state index contributed by atoms with van der Waals surface area (Å²) in [5, 5.41) is 4.30. The van der Waals surface area contributed by atoms with E-state index in [4.69, 9.17) is 9.72 Å². The Morgan fingerprint density at radius 1 is 1.21 bits per heavy atom.